The molecule has 5 unspecified atom stereocenters. The Labute approximate surface area is 520 Å². The SMILES string of the molecule is C=C(CBr)C(=O)OC(C)CCCCC(=O)NCC(=O)NC(CCCNC(N)=O)C(=O)Nc1ccc(C(=O)N(C)[C@@H](C)C(=O)O)c(F)c1.CCC.CCl.COc1cc2cc(c1Cl)N(C)C(=O)CCC1OC1CC1C[C@](O)(C/C=C/C=C(\C)C2)NC(=O)O1. The number of primary amides is 1. The highest BCUT2D eigenvalue weighted by atomic mass is 79.9. The van der Waals surface area contributed by atoms with Crippen molar-refractivity contribution in [3.8, 4) is 5.75 Å². The molecule has 3 aliphatic rings. The van der Waals surface area contributed by atoms with E-state index >= 15 is 0 Å². The Bertz CT molecular complexity index is 2740. The van der Waals surface area contributed by atoms with Crippen molar-refractivity contribution in [2.45, 2.75) is 160 Å². The Hall–Kier alpha value is -6.80. The summed E-state index contributed by atoms with van der Waals surface area (Å²) in [4.78, 5) is 112. The summed E-state index contributed by atoms with van der Waals surface area (Å²) in [5.74, 6) is -5.06. The number of urea groups is 1. The fourth-order valence-corrected chi connectivity index (χ4v) is 9.05. The smallest absolute Gasteiger partial charge is 0.409 e. The molecule has 5 rings (SSSR count). The standard InChI is InChI=1S/C30H42BrFN6O9.C25H31ClN2O6.C3H8.CH3Cl/c1-17(15-31)29(45)47-18(2)8-5-6-10-24(39)35-16-25(40)37-23(9-7-13-34-30(33)46)26(41)36-20-11-12-21(22(32)14-20)27(42)38(4)19(3)28(43)44;1-15-6-4-5-9-25(31)14-17(33-24(30)27-25)13-20-19(34-20)7-8-22(29)28(2)18-11-16(10-15)12-21(32-3)23(18)26;1-3-2;1-2/h11-12,14,18-19,23H,1,5-10,13,15-16H2,2-4H3,(H,35,39)(H,36,41)(H,37,40)(H,43,44)(H3,33,34,46);4-6,11-12,17,19-20,31H,7-10,13-14H2,1-3H3,(H,27,30);3H2,1-2H3;1H3/b;5-4+,15-6+;;/t18?,19-,23?;17?,19?,20?,25-;;/m01../s1. The normalized spacial score (nSPS) is 20.0. The molecule has 2 aromatic carbocycles. The zero-order valence-corrected chi connectivity index (χ0v) is 53.4. The molecule has 3 aliphatic heterocycles. The second kappa shape index (κ2) is 38.4. The minimum atomic E-state index is -1.37. The lowest BCUT2D eigenvalue weighted by atomic mass is 9.96. The molecular formula is C59H84BrCl2FN8O15. The number of carboxylic acids is 1. The van der Waals surface area contributed by atoms with Crippen LogP contribution in [0.15, 0.2) is 66.3 Å². The summed E-state index contributed by atoms with van der Waals surface area (Å²) in [6, 6.07) is 3.84. The molecule has 8 amide bonds. The summed E-state index contributed by atoms with van der Waals surface area (Å²) >= 11 is 14.3. The van der Waals surface area contributed by atoms with Crippen molar-refractivity contribution in [2.24, 2.45) is 5.73 Å². The number of carbonyl (C=O) groups excluding carboxylic acids is 8. The van der Waals surface area contributed by atoms with Gasteiger partial charge in [0, 0.05) is 75.7 Å². The van der Waals surface area contributed by atoms with Crippen molar-refractivity contribution in [1.29, 1.82) is 0 Å². The number of amides is 8. The number of alkyl carbamates (subject to hydrolysis) is 1. The van der Waals surface area contributed by atoms with E-state index in [4.69, 9.17) is 41.4 Å². The molecule has 0 aromatic heterocycles. The lowest BCUT2D eigenvalue weighted by molar-refractivity contribution is -0.144. The van der Waals surface area contributed by atoms with E-state index < -0.39 is 89.5 Å². The van der Waals surface area contributed by atoms with Crippen LogP contribution >= 0.6 is 39.1 Å². The van der Waals surface area contributed by atoms with Crippen LogP contribution in [0.25, 0.3) is 0 Å². The summed E-state index contributed by atoms with van der Waals surface area (Å²) in [6.07, 6.45) is 11.2. The van der Waals surface area contributed by atoms with Crippen LogP contribution in [0, 0.1) is 5.82 Å². The van der Waals surface area contributed by atoms with Gasteiger partial charge in [0.15, 0.2) is 0 Å². The fourth-order valence-electron chi connectivity index (χ4n) is 8.51. The molecule has 2 fully saturated rings. The molecule has 2 aromatic rings. The lowest BCUT2D eigenvalue weighted by Gasteiger charge is -2.36. The van der Waals surface area contributed by atoms with Gasteiger partial charge in [-0.05, 0) is 102 Å². The summed E-state index contributed by atoms with van der Waals surface area (Å²) in [5, 5.41) is 33.0. The van der Waals surface area contributed by atoms with Gasteiger partial charge in [-0.1, -0.05) is 78.2 Å². The molecule has 4 bridgehead atoms. The number of alkyl halides is 2. The number of ether oxygens (including phenoxy) is 4. The predicted octanol–water partition coefficient (Wildman–Crippen LogP) is 7.96. The number of halogens is 4. The van der Waals surface area contributed by atoms with E-state index in [-0.39, 0.29) is 68.6 Å². The molecule has 9 N–H and O–H groups in total. The number of carboxylic acid groups (broad SMARTS) is 1. The number of rotatable bonds is 21. The van der Waals surface area contributed by atoms with Gasteiger partial charge in [-0.2, -0.15) is 0 Å². The number of nitrogens with one attached hydrogen (secondary N) is 5. The highest BCUT2D eigenvalue weighted by molar-refractivity contribution is 9.09. The summed E-state index contributed by atoms with van der Waals surface area (Å²) < 4.78 is 36.6. The zero-order valence-electron chi connectivity index (χ0n) is 50.3. The number of hydrogen-bond donors (Lipinski definition) is 8. The summed E-state index contributed by atoms with van der Waals surface area (Å²) in [7, 11) is 4.48. The van der Waals surface area contributed by atoms with Gasteiger partial charge in [0.1, 0.15) is 40.5 Å². The fraction of sp³-hybridized carbons (Fsp3) is 0.542. The number of nitrogens with two attached hydrogens (primary N) is 1. The Balaban J connectivity index is 0.000000566. The van der Waals surface area contributed by atoms with Crippen molar-refractivity contribution in [2.75, 3.05) is 56.2 Å². The average molecular weight is 1320 g/mol. The van der Waals surface area contributed by atoms with Gasteiger partial charge in [0.2, 0.25) is 23.6 Å². The van der Waals surface area contributed by atoms with Crippen LogP contribution in [0.4, 0.5) is 25.4 Å². The first kappa shape index (κ1) is 75.3. The van der Waals surface area contributed by atoms with E-state index in [1.807, 2.05) is 37.3 Å². The molecule has 0 saturated carbocycles. The molecule has 0 radical (unpaired) electrons. The number of carbonyl (C=O) groups is 9. The van der Waals surface area contributed by atoms with Crippen LogP contribution in [0.3, 0.4) is 0 Å². The molecule has 7 atom stereocenters. The number of unbranched alkanes of at least 4 members (excludes halogenated alkanes) is 1. The quantitative estimate of drug-likeness (QED) is 0.0193. The maximum atomic E-state index is 14.8. The van der Waals surface area contributed by atoms with Crippen LogP contribution in [0.1, 0.15) is 128 Å². The third kappa shape index (κ3) is 26.4. The van der Waals surface area contributed by atoms with Crippen LogP contribution in [-0.2, 0) is 49.4 Å². The number of nitrogens with zero attached hydrogens (tertiary/aromatic N) is 2. The number of methoxy groups -OCH3 is 1. The van der Waals surface area contributed by atoms with Crippen molar-refractivity contribution in [3.63, 3.8) is 0 Å². The first-order valence-corrected chi connectivity index (χ1v) is 30.3. The molecule has 27 heteroatoms. The summed E-state index contributed by atoms with van der Waals surface area (Å²) in [5.41, 5.74) is 6.15. The first-order chi connectivity index (χ1) is 40.6. The van der Waals surface area contributed by atoms with Gasteiger partial charge in [-0.3, -0.25) is 29.3 Å². The zero-order chi connectivity index (χ0) is 64.8. The van der Waals surface area contributed by atoms with Gasteiger partial charge in [-0.15, -0.1) is 11.6 Å². The number of aliphatic hydroxyl groups is 1. The van der Waals surface area contributed by atoms with Gasteiger partial charge in [0.25, 0.3) is 5.91 Å². The largest absolute Gasteiger partial charge is 0.495 e. The van der Waals surface area contributed by atoms with Crippen molar-refractivity contribution in [3.05, 3.63) is 88.3 Å². The third-order valence-electron chi connectivity index (χ3n) is 13.3. The highest BCUT2D eigenvalue weighted by Crippen LogP contribution is 2.38. The number of aliphatic carboxylic acids is 1. The number of fused-ring (bicyclic) bond motifs is 5. The number of allylic oxidation sites excluding steroid dienone is 3. The Morgan fingerprint density at radius 1 is 1.03 bits per heavy atom. The summed E-state index contributed by atoms with van der Waals surface area (Å²) in [6.45, 7) is 12.5. The molecule has 0 aliphatic carbocycles. The third-order valence-corrected chi connectivity index (χ3v) is 14.4. The van der Waals surface area contributed by atoms with Gasteiger partial charge < -0.3 is 66.0 Å². The van der Waals surface area contributed by atoms with Crippen LogP contribution < -0.4 is 42.0 Å². The first-order valence-electron chi connectivity index (χ1n) is 28.0. The number of esters is 1. The maximum absolute atomic E-state index is 14.8. The number of likely N-dealkylation sites (N-methyl/N-ethyl adjacent to an activating group) is 1. The van der Waals surface area contributed by atoms with E-state index in [1.54, 1.807) is 26.0 Å². The van der Waals surface area contributed by atoms with E-state index in [9.17, 15) is 52.6 Å². The number of anilines is 2. The molecule has 23 nitrogen and oxygen atoms in total. The van der Waals surface area contributed by atoms with E-state index in [1.165, 1.54) is 32.8 Å². The Morgan fingerprint density at radius 3 is 2.35 bits per heavy atom. The number of hydrogen-bond acceptors (Lipinski definition) is 14. The minimum absolute atomic E-state index is 0.0362. The lowest BCUT2D eigenvalue weighted by Crippen LogP contribution is -2.56. The minimum Gasteiger partial charge on any atom is -0.495 e. The van der Waals surface area contributed by atoms with Gasteiger partial charge >= 0.3 is 24.1 Å². The highest BCUT2D eigenvalue weighted by Gasteiger charge is 2.45. The number of epoxide rings is 1. The maximum Gasteiger partial charge on any atom is 0.409 e. The van der Waals surface area contributed by atoms with Crippen LogP contribution in [0.2, 0.25) is 5.02 Å². The second-order valence-electron chi connectivity index (χ2n) is 20.6. The van der Waals surface area contributed by atoms with Crippen molar-refractivity contribution in [1.82, 2.24) is 26.2 Å². The predicted molar refractivity (Wildman–Crippen MR) is 329 cm³/mol. The van der Waals surface area contributed by atoms with E-state index in [2.05, 4.69) is 74.5 Å². The number of benzene rings is 2. The molecular weight excluding hydrogens is 1230 g/mol. The Morgan fingerprint density at radius 2 is 1.72 bits per heavy atom. The van der Waals surface area contributed by atoms with Crippen molar-refractivity contribution >= 4 is 104 Å². The average Bonchev–Trinajstić information content (AvgIpc) is 4.13. The molecule has 86 heavy (non-hydrogen) atoms. The van der Waals surface area contributed by atoms with Crippen LogP contribution in [-0.4, -0.2) is 157 Å². The molecule has 3 heterocycles. The molecule has 0 spiro atoms. The van der Waals surface area contributed by atoms with Gasteiger partial charge in [0.05, 0.1) is 43.2 Å². The van der Waals surface area contributed by atoms with Crippen LogP contribution in [0.5, 0.6) is 5.75 Å². The van der Waals surface area contributed by atoms with Gasteiger partial charge in [-0.25, -0.2) is 23.6 Å². The van der Waals surface area contributed by atoms with Crippen molar-refractivity contribution < 1.29 is 76.7 Å². The van der Waals surface area contributed by atoms with E-state index in [0.717, 1.165) is 28.2 Å². The topological polar surface area (TPSA) is 327 Å². The monoisotopic (exact) mass is 1310 g/mol. The second-order valence-corrected chi connectivity index (χ2v) is 21.6. The Kier molecular flexibility index (Phi) is 33.6. The molecule has 2 saturated heterocycles. The van der Waals surface area contributed by atoms with E-state index in [0.29, 0.717) is 72.3 Å². The molecule has 478 valence electrons.